The van der Waals surface area contributed by atoms with Gasteiger partial charge in [0.1, 0.15) is 6.10 Å². The first kappa shape index (κ1) is 13.9. The molecule has 1 saturated carbocycles. The Morgan fingerprint density at radius 2 is 2.06 bits per heavy atom. The van der Waals surface area contributed by atoms with Crippen molar-refractivity contribution in [1.29, 1.82) is 0 Å². The standard InChI is InChI=1S/C13H26O3/c1-2-11-5-6-12(8-11)4-3-7-16-10-13(15)9-14/h11-15H,2-10H2,1H3. The maximum atomic E-state index is 9.06. The molecule has 0 saturated heterocycles. The van der Waals surface area contributed by atoms with Crippen LogP contribution in [0.1, 0.15) is 45.4 Å². The van der Waals surface area contributed by atoms with Crippen molar-refractivity contribution in [3.05, 3.63) is 0 Å². The predicted molar refractivity (Wildman–Crippen MR) is 64.3 cm³/mol. The summed E-state index contributed by atoms with van der Waals surface area (Å²) in [7, 11) is 0. The van der Waals surface area contributed by atoms with Gasteiger partial charge in [0.25, 0.3) is 0 Å². The number of rotatable bonds is 8. The monoisotopic (exact) mass is 230 g/mol. The summed E-state index contributed by atoms with van der Waals surface area (Å²) in [5.41, 5.74) is 0. The minimum absolute atomic E-state index is 0.208. The Morgan fingerprint density at radius 1 is 1.31 bits per heavy atom. The van der Waals surface area contributed by atoms with Crippen molar-refractivity contribution in [3.63, 3.8) is 0 Å². The molecular weight excluding hydrogens is 204 g/mol. The lowest BCUT2D eigenvalue weighted by atomic mass is 9.99. The van der Waals surface area contributed by atoms with Crippen molar-refractivity contribution >= 4 is 0 Å². The summed E-state index contributed by atoms with van der Waals surface area (Å²) in [4.78, 5) is 0. The van der Waals surface area contributed by atoms with Crippen LogP contribution in [0.2, 0.25) is 0 Å². The van der Waals surface area contributed by atoms with E-state index in [1.165, 1.54) is 32.1 Å². The zero-order chi connectivity index (χ0) is 11.8. The van der Waals surface area contributed by atoms with Crippen LogP contribution in [0.25, 0.3) is 0 Å². The number of aliphatic hydroxyl groups is 2. The van der Waals surface area contributed by atoms with Crippen molar-refractivity contribution < 1.29 is 14.9 Å². The average molecular weight is 230 g/mol. The summed E-state index contributed by atoms with van der Waals surface area (Å²) in [6.45, 7) is 3.05. The van der Waals surface area contributed by atoms with E-state index in [1.54, 1.807) is 0 Å². The second-order valence-corrected chi connectivity index (χ2v) is 5.01. The maximum absolute atomic E-state index is 9.06. The molecule has 0 spiro atoms. The van der Waals surface area contributed by atoms with Crippen molar-refractivity contribution in [3.8, 4) is 0 Å². The highest BCUT2D eigenvalue weighted by molar-refractivity contribution is 4.74. The fourth-order valence-corrected chi connectivity index (χ4v) is 2.56. The normalized spacial score (nSPS) is 27.2. The van der Waals surface area contributed by atoms with E-state index >= 15 is 0 Å². The largest absolute Gasteiger partial charge is 0.394 e. The van der Waals surface area contributed by atoms with E-state index in [-0.39, 0.29) is 13.2 Å². The van der Waals surface area contributed by atoms with Crippen LogP contribution in [0.5, 0.6) is 0 Å². The molecule has 1 rings (SSSR count). The highest BCUT2D eigenvalue weighted by atomic mass is 16.5. The van der Waals surface area contributed by atoms with Gasteiger partial charge in [0, 0.05) is 6.61 Å². The molecule has 1 aliphatic rings. The highest BCUT2D eigenvalue weighted by Gasteiger charge is 2.22. The van der Waals surface area contributed by atoms with Crippen LogP contribution in [0.4, 0.5) is 0 Å². The molecule has 16 heavy (non-hydrogen) atoms. The number of hydrogen-bond acceptors (Lipinski definition) is 3. The Kier molecular flexibility index (Phi) is 7.01. The van der Waals surface area contributed by atoms with Gasteiger partial charge in [-0.1, -0.05) is 26.2 Å². The van der Waals surface area contributed by atoms with E-state index < -0.39 is 6.10 Å². The molecule has 1 fully saturated rings. The van der Waals surface area contributed by atoms with Gasteiger partial charge in [-0.2, -0.15) is 0 Å². The van der Waals surface area contributed by atoms with E-state index in [0.717, 1.165) is 18.3 Å². The molecule has 0 amide bonds. The minimum Gasteiger partial charge on any atom is -0.394 e. The van der Waals surface area contributed by atoms with Crippen LogP contribution < -0.4 is 0 Å². The van der Waals surface area contributed by atoms with E-state index in [9.17, 15) is 0 Å². The third-order valence-electron chi connectivity index (χ3n) is 3.65. The zero-order valence-corrected chi connectivity index (χ0v) is 10.4. The maximum Gasteiger partial charge on any atom is 0.100 e. The molecule has 3 atom stereocenters. The van der Waals surface area contributed by atoms with Gasteiger partial charge < -0.3 is 14.9 Å². The van der Waals surface area contributed by atoms with Gasteiger partial charge in [-0.05, 0) is 31.1 Å². The predicted octanol–water partition coefficient (Wildman–Crippen LogP) is 1.96. The van der Waals surface area contributed by atoms with Gasteiger partial charge in [-0.15, -0.1) is 0 Å². The van der Waals surface area contributed by atoms with Crippen LogP contribution in [0, 0.1) is 11.8 Å². The Balaban J connectivity index is 1.92. The molecule has 0 aromatic heterocycles. The van der Waals surface area contributed by atoms with E-state index in [4.69, 9.17) is 14.9 Å². The lowest BCUT2D eigenvalue weighted by molar-refractivity contribution is 0.00465. The second kappa shape index (κ2) is 8.04. The molecular formula is C13H26O3. The Morgan fingerprint density at radius 3 is 2.69 bits per heavy atom. The van der Waals surface area contributed by atoms with Gasteiger partial charge in [0.2, 0.25) is 0 Å². The highest BCUT2D eigenvalue weighted by Crippen LogP contribution is 2.35. The fraction of sp³-hybridized carbons (Fsp3) is 1.00. The van der Waals surface area contributed by atoms with Crippen LogP contribution in [-0.4, -0.2) is 36.1 Å². The third-order valence-corrected chi connectivity index (χ3v) is 3.65. The van der Waals surface area contributed by atoms with Crippen molar-refractivity contribution in [2.24, 2.45) is 11.8 Å². The van der Waals surface area contributed by atoms with Crippen LogP contribution in [0.15, 0.2) is 0 Å². The molecule has 0 aromatic carbocycles. The van der Waals surface area contributed by atoms with Gasteiger partial charge in [-0.25, -0.2) is 0 Å². The first-order valence-corrected chi connectivity index (χ1v) is 6.62. The number of aliphatic hydroxyl groups excluding tert-OH is 2. The van der Waals surface area contributed by atoms with Gasteiger partial charge in [0.05, 0.1) is 13.2 Å². The third kappa shape index (κ3) is 5.28. The lowest BCUT2D eigenvalue weighted by Crippen LogP contribution is -2.19. The van der Waals surface area contributed by atoms with E-state index in [0.29, 0.717) is 6.61 Å². The molecule has 3 nitrogen and oxygen atoms in total. The minimum atomic E-state index is -0.712. The molecule has 2 N–H and O–H groups in total. The SMILES string of the molecule is CCC1CCC(CCCOCC(O)CO)C1. The lowest BCUT2D eigenvalue weighted by Gasteiger charge is -2.11. The van der Waals surface area contributed by atoms with Crippen molar-refractivity contribution in [1.82, 2.24) is 0 Å². The average Bonchev–Trinajstić information content (AvgIpc) is 2.76. The summed E-state index contributed by atoms with van der Waals surface area (Å²) < 4.78 is 5.29. The second-order valence-electron chi connectivity index (χ2n) is 5.01. The molecule has 96 valence electrons. The molecule has 0 heterocycles. The summed E-state index contributed by atoms with van der Waals surface area (Å²) in [6.07, 6.45) is 7.15. The quantitative estimate of drug-likeness (QED) is 0.627. The van der Waals surface area contributed by atoms with E-state index in [1.807, 2.05) is 0 Å². The molecule has 0 aromatic rings. The molecule has 0 radical (unpaired) electrons. The summed E-state index contributed by atoms with van der Waals surface area (Å²) in [5.74, 6) is 1.86. The van der Waals surface area contributed by atoms with Gasteiger partial charge >= 0.3 is 0 Å². The van der Waals surface area contributed by atoms with Crippen LogP contribution >= 0.6 is 0 Å². The first-order valence-electron chi connectivity index (χ1n) is 6.62. The van der Waals surface area contributed by atoms with Crippen molar-refractivity contribution in [2.45, 2.75) is 51.6 Å². The number of ether oxygens (including phenoxy) is 1. The summed E-state index contributed by atoms with van der Waals surface area (Å²) >= 11 is 0. The Bertz CT molecular complexity index is 173. The van der Waals surface area contributed by atoms with Crippen LogP contribution in [-0.2, 0) is 4.74 Å². The van der Waals surface area contributed by atoms with Gasteiger partial charge in [0.15, 0.2) is 0 Å². The number of hydrogen-bond donors (Lipinski definition) is 2. The fourth-order valence-electron chi connectivity index (χ4n) is 2.56. The summed E-state index contributed by atoms with van der Waals surface area (Å²) in [6, 6.07) is 0. The van der Waals surface area contributed by atoms with Crippen molar-refractivity contribution in [2.75, 3.05) is 19.8 Å². The molecule has 3 heteroatoms. The molecule has 0 aliphatic heterocycles. The van der Waals surface area contributed by atoms with E-state index in [2.05, 4.69) is 6.92 Å². The molecule has 3 unspecified atom stereocenters. The first-order chi connectivity index (χ1) is 7.76. The Labute approximate surface area is 98.8 Å². The molecule has 0 bridgehead atoms. The van der Waals surface area contributed by atoms with Gasteiger partial charge in [-0.3, -0.25) is 0 Å². The molecule has 1 aliphatic carbocycles. The smallest absolute Gasteiger partial charge is 0.100 e. The topological polar surface area (TPSA) is 49.7 Å². The van der Waals surface area contributed by atoms with Crippen LogP contribution in [0.3, 0.4) is 0 Å². The zero-order valence-electron chi connectivity index (χ0n) is 10.4. The summed E-state index contributed by atoms with van der Waals surface area (Å²) in [5, 5.41) is 17.7. The Hall–Kier alpha value is -0.120.